The summed E-state index contributed by atoms with van der Waals surface area (Å²) in [6, 6.07) is 7.39. The molecule has 2 heteroatoms. The third-order valence-electron chi connectivity index (χ3n) is 3.51. The summed E-state index contributed by atoms with van der Waals surface area (Å²) >= 11 is 0. The molecule has 18 heavy (non-hydrogen) atoms. The zero-order chi connectivity index (χ0) is 13.5. The molecule has 0 heterocycles. The highest BCUT2D eigenvalue weighted by atomic mass is 15.1. The van der Waals surface area contributed by atoms with Crippen LogP contribution in [0.2, 0.25) is 0 Å². The summed E-state index contributed by atoms with van der Waals surface area (Å²) in [7, 11) is 2.17. The predicted octanol–water partition coefficient (Wildman–Crippen LogP) is 3.52. The minimum atomic E-state index is 0.664. The van der Waals surface area contributed by atoms with Gasteiger partial charge in [0.1, 0.15) is 0 Å². The van der Waals surface area contributed by atoms with Gasteiger partial charge < -0.3 is 10.2 Å². The van der Waals surface area contributed by atoms with Crippen molar-refractivity contribution in [2.24, 2.45) is 0 Å². The number of anilines is 1. The number of benzene rings is 1. The lowest BCUT2D eigenvalue weighted by Crippen LogP contribution is -2.35. The largest absolute Gasteiger partial charge is 0.373 e. The first-order chi connectivity index (χ1) is 8.56. The van der Waals surface area contributed by atoms with Crippen LogP contribution >= 0.6 is 0 Å². The number of nitrogens with zero attached hydrogens (tertiary/aromatic N) is 1. The molecule has 0 saturated heterocycles. The molecule has 1 N–H and O–H groups in total. The van der Waals surface area contributed by atoms with E-state index in [4.69, 9.17) is 0 Å². The standard InChI is InChI=1S/C16H28N2/c1-6-15(7-2)17-8-9-18(5)16-11-13(3)10-14(4)12-16/h10-12,15,17H,6-9H2,1-5H3. The fourth-order valence-corrected chi connectivity index (χ4v) is 2.31. The molecule has 1 aromatic rings. The average molecular weight is 248 g/mol. The van der Waals surface area contributed by atoms with E-state index in [0.717, 1.165) is 13.1 Å². The second kappa shape index (κ2) is 7.42. The van der Waals surface area contributed by atoms with Crippen LogP contribution in [0, 0.1) is 13.8 Å². The van der Waals surface area contributed by atoms with E-state index in [1.165, 1.54) is 29.7 Å². The molecule has 2 nitrogen and oxygen atoms in total. The highest BCUT2D eigenvalue weighted by Gasteiger charge is 2.04. The highest BCUT2D eigenvalue weighted by Crippen LogP contribution is 2.17. The van der Waals surface area contributed by atoms with Gasteiger partial charge in [0.05, 0.1) is 0 Å². The summed E-state index contributed by atoms with van der Waals surface area (Å²) in [4.78, 5) is 2.33. The minimum Gasteiger partial charge on any atom is -0.373 e. The Kier molecular flexibility index (Phi) is 6.20. The van der Waals surface area contributed by atoms with Crippen molar-refractivity contribution in [1.82, 2.24) is 5.32 Å². The van der Waals surface area contributed by atoms with Crippen LogP contribution in [-0.4, -0.2) is 26.2 Å². The van der Waals surface area contributed by atoms with Crippen molar-refractivity contribution < 1.29 is 0 Å². The molecule has 1 aromatic carbocycles. The van der Waals surface area contributed by atoms with Gasteiger partial charge in [-0.15, -0.1) is 0 Å². The Balaban J connectivity index is 2.47. The van der Waals surface area contributed by atoms with E-state index in [1.54, 1.807) is 0 Å². The van der Waals surface area contributed by atoms with E-state index >= 15 is 0 Å². The Morgan fingerprint density at radius 1 is 1.06 bits per heavy atom. The Morgan fingerprint density at radius 2 is 1.61 bits per heavy atom. The van der Waals surface area contributed by atoms with E-state index < -0.39 is 0 Å². The molecule has 0 radical (unpaired) electrons. The number of likely N-dealkylation sites (N-methyl/N-ethyl adjacent to an activating group) is 1. The second-order valence-corrected chi connectivity index (χ2v) is 5.24. The van der Waals surface area contributed by atoms with Crippen molar-refractivity contribution >= 4 is 5.69 Å². The highest BCUT2D eigenvalue weighted by molar-refractivity contribution is 5.50. The normalized spacial score (nSPS) is 11.0. The van der Waals surface area contributed by atoms with Crippen LogP contribution in [-0.2, 0) is 0 Å². The molecule has 0 bridgehead atoms. The van der Waals surface area contributed by atoms with Crippen LogP contribution in [0.1, 0.15) is 37.8 Å². The maximum Gasteiger partial charge on any atom is 0.0369 e. The van der Waals surface area contributed by atoms with E-state index in [2.05, 4.69) is 63.2 Å². The molecule has 0 aliphatic rings. The number of rotatable bonds is 7. The van der Waals surface area contributed by atoms with Gasteiger partial charge in [0.15, 0.2) is 0 Å². The lowest BCUT2D eigenvalue weighted by atomic mass is 10.1. The molecular weight excluding hydrogens is 220 g/mol. The number of hydrogen-bond donors (Lipinski definition) is 1. The van der Waals surface area contributed by atoms with Gasteiger partial charge in [0.25, 0.3) is 0 Å². The summed E-state index contributed by atoms with van der Waals surface area (Å²) in [5.74, 6) is 0. The van der Waals surface area contributed by atoms with Crippen LogP contribution in [0.5, 0.6) is 0 Å². The second-order valence-electron chi connectivity index (χ2n) is 5.24. The van der Waals surface area contributed by atoms with Crippen molar-refractivity contribution in [2.75, 3.05) is 25.0 Å². The molecule has 0 fully saturated rings. The van der Waals surface area contributed by atoms with Gasteiger partial charge in [-0.05, 0) is 49.9 Å². The van der Waals surface area contributed by atoms with Crippen LogP contribution in [0.15, 0.2) is 18.2 Å². The summed E-state index contributed by atoms with van der Waals surface area (Å²) in [6.45, 7) is 10.9. The third-order valence-corrected chi connectivity index (χ3v) is 3.51. The maximum absolute atomic E-state index is 3.61. The molecule has 0 saturated carbocycles. The summed E-state index contributed by atoms with van der Waals surface area (Å²) in [6.07, 6.45) is 2.42. The lowest BCUT2D eigenvalue weighted by molar-refractivity contribution is 0.489. The molecule has 0 unspecified atom stereocenters. The molecule has 0 aliphatic heterocycles. The molecule has 0 amide bonds. The fourth-order valence-electron chi connectivity index (χ4n) is 2.31. The zero-order valence-electron chi connectivity index (χ0n) is 12.6. The Morgan fingerprint density at radius 3 is 2.11 bits per heavy atom. The molecule has 0 spiro atoms. The number of nitrogens with one attached hydrogen (secondary N) is 1. The maximum atomic E-state index is 3.61. The van der Waals surface area contributed by atoms with Crippen molar-refractivity contribution in [3.05, 3.63) is 29.3 Å². The van der Waals surface area contributed by atoms with Crippen molar-refractivity contribution in [2.45, 2.75) is 46.6 Å². The van der Waals surface area contributed by atoms with Gasteiger partial charge in [0, 0.05) is 31.9 Å². The van der Waals surface area contributed by atoms with Crippen LogP contribution < -0.4 is 10.2 Å². The molecule has 102 valence electrons. The Labute approximate surface area is 112 Å². The van der Waals surface area contributed by atoms with Crippen LogP contribution in [0.4, 0.5) is 5.69 Å². The molecule has 1 rings (SSSR count). The fraction of sp³-hybridized carbons (Fsp3) is 0.625. The number of aryl methyl sites for hydroxylation is 2. The summed E-state index contributed by atoms with van der Waals surface area (Å²) in [5.41, 5.74) is 3.99. The lowest BCUT2D eigenvalue weighted by Gasteiger charge is -2.22. The first kappa shape index (κ1) is 15.0. The first-order valence-electron chi connectivity index (χ1n) is 7.09. The van der Waals surface area contributed by atoms with E-state index in [0.29, 0.717) is 6.04 Å². The molecule has 0 atom stereocenters. The Hall–Kier alpha value is -1.02. The van der Waals surface area contributed by atoms with Gasteiger partial charge in [-0.1, -0.05) is 19.9 Å². The summed E-state index contributed by atoms with van der Waals surface area (Å²) in [5, 5.41) is 3.61. The molecule has 0 aliphatic carbocycles. The molecule has 0 aromatic heterocycles. The van der Waals surface area contributed by atoms with Gasteiger partial charge in [-0.25, -0.2) is 0 Å². The minimum absolute atomic E-state index is 0.664. The summed E-state index contributed by atoms with van der Waals surface area (Å²) < 4.78 is 0. The molecular formula is C16H28N2. The topological polar surface area (TPSA) is 15.3 Å². The van der Waals surface area contributed by atoms with E-state index in [9.17, 15) is 0 Å². The van der Waals surface area contributed by atoms with Crippen molar-refractivity contribution in [3.63, 3.8) is 0 Å². The first-order valence-corrected chi connectivity index (χ1v) is 7.09. The smallest absolute Gasteiger partial charge is 0.0369 e. The average Bonchev–Trinajstić information content (AvgIpc) is 2.33. The van der Waals surface area contributed by atoms with Gasteiger partial charge in [0.2, 0.25) is 0 Å². The zero-order valence-corrected chi connectivity index (χ0v) is 12.6. The van der Waals surface area contributed by atoms with E-state index in [-0.39, 0.29) is 0 Å². The van der Waals surface area contributed by atoms with E-state index in [1.807, 2.05) is 0 Å². The van der Waals surface area contributed by atoms with Crippen LogP contribution in [0.25, 0.3) is 0 Å². The quantitative estimate of drug-likeness (QED) is 0.794. The van der Waals surface area contributed by atoms with Gasteiger partial charge in [-0.3, -0.25) is 0 Å². The van der Waals surface area contributed by atoms with Crippen molar-refractivity contribution in [1.29, 1.82) is 0 Å². The van der Waals surface area contributed by atoms with Crippen molar-refractivity contribution in [3.8, 4) is 0 Å². The SMILES string of the molecule is CCC(CC)NCCN(C)c1cc(C)cc(C)c1. The number of hydrogen-bond acceptors (Lipinski definition) is 2. The monoisotopic (exact) mass is 248 g/mol. The van der Waals surface area contributed by atoms with Crippen LogP contribution in [0.3, 0.4) is 0 Å². The Bertz CT molecular complexity index is 336. The third kappa shape index (κ3) is 4.69. The predicted molar refractivity (Wildman–Crippen MR) is 81.6 cm³/mol. The van der Waals surface area contributed by atoms with Gasteiger partial charge >= 0.3 is 0 Å². The van der Waals surface area contributed by atoms with Gasteiger partial charge in [-0.2, -0.15) is 0 Å².